The number of carbonyl (C=O) groups is 1. The fraction of sp³-hybridized carbons (Fsp3) is 0.545. The summed E-state index contributed by atoms with van der Waals surface area (Å²) in [7, 11) is 0. The molecule has 156 valence electrons. The summed E-state index contributed by atoms with van der Waals surface area (Å²) in [5.41, 5.74) is 1.79. The molecule has 0 aliphatic heterocycles. The van der Waals surface area contributed by atoms with Gasteiger partial charge in [0.2, 0.25) is 5.91 Å². The molecule has 29 heavy (non-hydrogen) atoms. The number of H-pyrrole nitrogens is 1. The standard InChI is InChI=1S/C22H30N4O3/c1-15-5-3-4-6-19(15)29-14-13-24-20(27)8-7-18-16(2)25-21(26-22(18)28)17-9-11-23-12-10-17/h9-12,15,19H,3-8,13-14H2,1-2H3,(H,24,27)(H,25,26,28). The average Bonchev–Trinajstić information content (AvgIpc) is 2.72. The molecular formula is C22H30N4O3. The van der Waals surface area contributed by atoms with Crippen molar-refractivity contribution < 1.29 is 9.53 Å². The summed E-state index contributed by atoms with van der Waals surface area (Å²) < 4.78 is 5.92. The van der Waals surface area contributed by atoms with E-state index in [0.29, 0.717) is 48.7 Å². The third-order valence-corrected chi connectivity index (χ3v) is 5.57. The number of pyridine rings is 1. The topological polar surface area (TPSA) is 97.0 Å². The molecule has 2 unspecified atom stereocenters. The largest absolute Gasteiger partial charge is 0.376 e. The van der Waals surface area contributed by atoms with Crippen LogP contribution in [0.25, 0.3) is 11.4 Å². The second kappa shape index (κ2) is 10.3. The van der Waals surface area contributed by atoms with Gasteiger partial charge in [-0.25, -0.2) is 4.98 Å². The van der Waals surface area contributed by atoms with Crippen LogP contribution in [-0.2, 0) is 16.0 Å². The number of nitrogens with one attached hydrogen (secondary N) is 2. The third kappa shape index (κ3) is 5.97. The van der Waals surface area contributed by atoms with Gasteiger partial charge in [-0.05, 0) is 44.2 Å². The fourth-order valence-electron chi connectivity index (χ4n) is 3.81. The van der Waals surface area contributed by atoms with E-state index in [-0.39, 0.29) is 17.9 Å². The third-order valence-electron chi connectivity index (χ3n) is 5.57. The number of aryl methyl sites for hydroxylation is 1. The molecule has 0 aromatic carbocycles. The number of aromatic nitrogens is 3. The van der Waals surface area contributed by atoms with Crippen LogP contribution in [0.15, 0.2) is 29.3 Å². The highest BCUT2D eigenvalue weighted by Gasteiger charge is 2.21. The van der Waals surface area contributed by atoms with Gasteiger partial charge in [0.25, 0.3) is 5.56 Å². The average molecular weight is 399 g/mol. The van der Waals surface area contributed by atoms with Crippen LogP contribution in [0, 0.1) is 12.8 Å². The van der Waals surface area contributed by atoms with Gasteiger partial charge in [-0.1, -0.05) is 19.8 Å². The first-order chi connectivity index (χ1) is 14.0. The van der Waals surface area contributed by atoms with Gasteiger partial charge < -0.3 is 15.0 Å². The summed E-state index contributed by atoms with van der Waals surface area (Å²) in [6.45, 7) is 5.06. The molecule has 1 saturated carbocycles. The summed E-state index contributed by atoms with van der Waals surface area (Å²) in [4.78, 5) is 35.8. The molecule has 0 spiro atoms. The van der Waals surface area contributed by atoms with E-state index in [1.807, 2.05) is 0 Å². The molecule has 0 radical (unpaired) electrons. The second-order valence-electron chi connectivity index (χ2n) is 7.74. The Morgan fingerprint density at radius 1 is 1.28 bits per heavy atom. The minimum absolute atomic E-state index is 0.0812. The smallest absolute Gasteiger partial charge is 0.254 e. The first kappa shape index (κ1) is 21.2. The monoisotopic (exact) mass is 398 g/mol. The molecule has 3 rings (SSSR count). The van der Waals surface area contributed by atoms with Crippen LogP contribution < -0.4 is 10.9 Å². The summed E-state index contributed by atoms with van der Waals surface area (Å²) in [5.74, 6) is 1.02. The Morgan fingerprint density at radius 3 is 2.76 bits per heavy atom. The summed E-state index contributed by atoms with van der Waals surface area (Å²) in [6.07, 6.45) is 9.07. The predicted octanol–water partition coefficient (Wildman–Crippen LogP) is 2.78. The minimum Gasteiger partial charge on any atom is -0.376 e. The molecule has 0 saturated heterocycles. The lowest BCUT2D eigenvalue weighted by molar-refractivity contribution is -0.121. The van der Waals surface area contributed by atoms with Crippen molar-refractivity contribution >= 4 is 5.91 Å². The lowest BCUT2D eigenvalue weighted by Crippen LogP contribution is -2.32. The Hall–Kier alpha value is -2.54. The molecule has 1 amide bonds. The van der Waals surface area contributed by atoms with E-state index in [1.165, 1.54) is 19.3 Å². The van der Waals surface area contributed by atoms with Gasteiger partial charge in [0, 0.05) is 42.2 Å². The first-order valence-corrected chi connectivity index (χ1v) is 10.4. The predicted molar refractivity (Wildman–Crippen MR) is 112 cm³/mol. The van der Waals surface area contributed by atoms with Gasteiger partial charge in [-0.15, -0.1) is 0 Å². The van der Waals surface area contributed by atoms with Crippen molar-refractivity contribution in [3.05, 3.63) is 46.1 Å². The van der Waals surface area contributed by atoms with Gasteiger partial charge >= 0.3 is 0 Å². The van der Waals surface area contributed by atoms with Crippen molar-refractivity contribution in [3.8, 4) is 11.4 Å². The highest BCUT2D eigenvalue weighted by Crippen LogP contribution is 2.26. The van der Waals surface area contributed by atoms with Crippen molar-refractivity contribution in [1.29, 1.82) is 0 Å². The number of nitrogens with zero attached hydrogens (tertiary/aromatic N) is 2. The zero-order valence-corrected chi connectivity index (χ0v) is 17.2. The molecule has 2 heterocycles. The molecule has 2 aromatic rings. The number of hydrogen-bond donors (Lipinski definition) is 2. The molecule has 1 aliphatic rings. The van der Waals surface area contributed by atoms with Crippen molar-refractivity contribution in [2.24, 2.45) is 5.92 Å². The number of carbonyl (C=O) groups excluding carboxylic acids is 1. The van der Waals surface area contributed by atoms with E-state index < -0.39 is 0 Å². The number of amides is 1. The van der Waals surface area contributed by atoms with Crippen LogP contribution in [0.3, 0.4) is 0 Å². The molecule has 2 atom stereocenters. The number of ether oxygens (including phenoxy) is 1. The Kier molecular flexibility index (Phi) is 7.52. The van der Waals surface area contributed by atoms with E-state index >= 15 is 0 Å². The summed E-state index contributed by atoms with van der Waals surface area (Å²) in [6, 6.07) is 3.59. The molecule has 0 bridgehead atoms. The number of hydrogen-bond acceptors (Lipinski definition) is 5. The van der Waals surface area contributed by atoms with Crippen LogP contribution >= 0.6 is 0 Å². The molecule has 7 nitrogen and oxygen atoms in total. The lowest BCUT2D eigenvalue weighted by Gasteiger charge is -2.28. The van der Waals surface area contributed by atoms with Gasteiger partial charge in [0.1, 0.15) is 5.82 Å². The van der Waals surface area contributed by atoms with Crippen molar-refractivity contribution in [3.63, 3.8) is 0 Å². The van der Waals surface area contributed by atoms with Gasteiger partial charge in [-0.3, -0.25) is 14.6 Å². The zero-order chi connectivity index (χ0) is 20.6. The van der Waals surface area contributed by atoms with E-state index in [4.69, 9.17) is 4.74 Å². The molecular weight excluding hydrogens is 368 g/mol. The van der Waals surface area contributed by atoms with E-state index in [2.05, 4.69) is 27.2 Å². The minimum atomic E-state index is -0.202. The summed E-state index contributed by atoms with van der Waals surface area (Å²) >= 11 is 0. The van der Waals surface area contributed by atoms with Crippen molar-refractivity contribution in [2.75, 3.05) is 13.2 Å². The lowest BCUT2D eigenvalue weighted by atomic mass is 9.88. The molecule has 2 N–H and O–H groups in total. The normalized spacial score (nSPS) is 19.1. The van der Waals surface area contributed by atoms with Crippen LogP contribution in [0.1, 0.15) is 50.3 Å². The molecule has 1 fully saturated rings. The highest BCUT2D eigenvalue weighted by molar-refractivity contribution is 5.76. The van der Waals surface area contributed by atoms with Crippen LogP contribution in [0.2, 0.25) is 0 Å². The first-order valence-electron chi connectivity index (χ1n) is 10.4. The van der Waals surface area contributed by atoms with E-state index in [0.717, 1.165) is 12.0 Å². The maximum atomic E-state index is 12.4. The SMILES string of the molecule is Cc1nc(-c2ccncc2)[nH]c(=O)c1CCC(=O)NCCOC1CCCCC1C. The van der Waals surface area contributed by atoms with Crippen molar-refractivity contribution in [2.45, 2.75) is 58.5 Å². The fourth-order valence-corrected chi connectivity index (χ4v) is 3.81. The second-order valence-corrected chi connectivity index (χ2v) is 7.74. The summed E-state index contributed by atoms with van der Waals surface area (Å²) in [5, 5.41) is 2.88. The van der Waals surface area contributed by atoms with Crippen LogP contribution in [0.5, 0.6) is 0 Å². The Bertz CT molecular complexity index is 866. The molecule has 2 aromatic heterocycles. The molecule has 1 aliphatic carbocycles. The quantitative estimate of drug-likeness (QED) is 0.667. The van der Waals surface area contributed by atoms with E-state index in [1.54, 1.807) is 31.5 Å². The zero-order valence-electron chi connectivity index (χ0n) is 17.2. The number of aromatic amines is 1. The van der Waals surface area contributed by atoms with Crippen LogP contribution in [-0.4, -0.2) is 40.1 Å². The van der Waals surface area contributed by atoms with Crippen LogP contribution in [0.4, 0.5) is 0 Å². The maximum Gasteiger partial charge on any atom is 0.254 e. The van der Waals surface area contributed by atoms with E-state index in [9.17, 15) is 9.59 Å². The van der Waals surface area contributed by atoms with Gasteiger partial charge in [0.15, 0.2) is 0 Å². The Labute approximate surface area is 171 Å². The number of rotatable bonds is 8. The van der Waals surface area contributed by atoms with Gasteiger partial charge in [0.05, 0.1) is 12.7 Å². The Morgan fingerprint density at radius 2 is 2.03 bits per heavy atom. The maximum absolute atomic E-state index is 12.4. The van der Waals surface area contributed by atoms with Crippen molar-refractivity contribution in [1.82, 2.24) is 20.3 Å². The molecule has 7 heteroatoms. The Balaban J connectivity index is 1.45. The van der Waals surface area contributed by atoms with Gasteiger partial charge in [-0.2, -0.15) is 0 Å². The highest BCUT2D eigenvalue weighted by atomic mass is 16.5.